The van der Waals surface area contributed by atoms with E-state index in [2.05, 4.69) is 10.4 Å². The van der Waals surface area contributed by atoms with Gasteiger partial charge in [-0.25, -0.2) is 22.5 Å². The molecule has 7 nitrogen and oxygen atoms in total. The quantitative estimate of drug-likeness (QED) is 0.551. The first-order valence-corrected chi connectivity index (χ1v) is 10.7. The van der Waals surface area contributed by atoms with Gasteiger partial charge in [-0.05, 0) is 13.0 Å². The molecule has 0 unspecified atom stereocenters. The molecule has 0 amide bonds. The molecule has 4 rings (SSSR count). The average Bonchev–Trinajstić information content (AvgIpc) is 2.76. The Bertz CT molecular complexity index is 1390. The largest absolute Gasteiger partial charge is 0.419 e. The molecule has 0 spiro atoms. The first kappa shape index (κ1) is 24.6. The fourth-order valence-corrected chi connectivity index (χ4v) is 4.06. The van der Waals surface area contributed by atoms with Crippen LogP contribution in [0.3, 0.4) is 0 Å². The van der Waals surface area contributed by atoms with Crippen molar-refractivity contribution in [2.45, 2.75) is 37.9 Å². The number of halogens is 6. The summed E-state index contributed by atoms with van der Waals surface area (Å²) < 4.78 is 83.2. The van der Waals surface area contributed by atoms with Crippen LogP contribution in [0.25, 0.3) is 10.8 Å². The van der Waals surface area contributed by atoms with Gasteiger partial charge in [0, 0.05) is 50.8 Å². The summed E-state index contributed by atoms with van der Waals surface area (Å²) in [4.78, 5) is 25.3. The summed E-state index contributed by atoms with van der Waals surface area (Å²) in [5.41, 5.74) is -2.93. The highest BCUT2D eigenvalue weighted by atomic mass is 19.4. The van der Waals surface area contributed by atoms with Gasteiger partial charge in [-0.15, -0.1) is 0 Å². The summed E-state index contributed by atoms with van der Waals surface area (Å²) in [6.45, 7) is 1.20. The van der Waals surface area contributed by atoms with Crippen molar-refractivity contribution in [3.8, 4) is 0 Å². The summed E-state index contributed by atoms with van der Waals surface area (Å²) in [5.74, 6) is -4.28. The van der Waals surface area contributed by atoms with Gasteiger partial charge in [0.1, 0.15) is 5.82 Å². The SMILES string of the molecule is C[C@@H](Nc1nn(C)c(=O)c2cc(=O)n(N3CCC(F)(F)CC3)cc12)c1cccc(C(F)(F)F)c1F. The van der Waals surface area contributed by atoms with Gasteiger partial charge in [0.2, 0.25) is 0 Å². The lowest BCUT2D eigenvalue weighted by Gasteiger charge is -2.34. The zero-order valence-corrected chi connectivity index (χ0v) is 18.7. The lowest BCUT2D eigenvalue weighted by Crippen LogP contribution is -2.49. The molecule has 0 aliphatic carbocycles. The average molecular weight is 501 g/mol. The standard InChI is InChI=1S/C22H21F6N5O2/c1-12(13-4-3-5-16(18(13)23)22(26,27)28)29-19-15-11-33(32-8-6-21(24,25)7-9-32)17(34)10-14(15)20(35)31(2)30-19/h3-5,10-12H,6-9H2,1-2H3,(H,29,30)/t12-/m1/s1. The second kappa shape index (κ2) is 8.61. The van der Waals surface area contributed by atoms with Gasteiger partial charge in [0.05, 0.1) is 22.4 Å². The van der Waals surface area contributed by atoms with Gasteiger partial charge in [0.25, 0.3) is 17.0 Å². The van der Waals surface area contributed by atoms with Crippen molar-refractivity contribution in [1.82, 2.24) is 14.5 Å². The van der Waals surface area contributed by atoms with Crippen LogP contribution in [-0.4, -0.2) is 33.5 Å². The molecule has 3 heterocycles. The Morgan fingerprint density at radius 1 is 1.11 bits per heavy atom. The molecule has 1 aliphatic rings. The highest BCUT2D eigenvalue weighted by molar-refractivity contribution is 5.90. The molecule has 1 saturated heterocycles. The first-order valence-electron chi connectivity index (χ1n) is 10.7. The zero-order chi connectivity index (χ0) is 25.7. The second-order valence-electron chi connectivity index (χ2n) is 8.44. The highest BCUT2D eigenvalue weighted by Crippen LogP contribution is 2.35. The number of aromatic nitrogens is 3. The van der Waals surface area contributed by atoms with Crippen LogP contribution in [0.5, 0.6) is 0 Å². The third-order valence-corrected chi connectivity index (χ3v) is 5.99. The number of alkyl halides is 5. The third-order valence-electron chi connectivity index (χ3n) is 5.99. The molecule has 35 heavy (non-hydrogen) atoms. The van der Waals surface area contributed by atoms with Crippen molar-refractivity contribution in [2.24, 2.45) is 7.05 Å². The molecule has 1 aliphatic heterocycles. The lowest BCUT2D eigenvalue weighted by atomic mass is 10.0. The van der Waals surface area contributed by atoms with Gasteiger partial charge >= 0.3 is 6.18 Å². The molecule has 0 radical (unpaired) electrons. The van der Waals surface area contributed by atoms with Crippen LogP contribution in [0.1, 0.15) is 36.9 Å². The maximum absolute atomic E-state index is 14.7. The van der Waals surface area contributed by atoms with E-state index in [1.807, 2.05) is 0 Å². The molecule has 188 valence electrons. The Labute approximate surface area is 194 Å². The maximum atomic E-state index is 14.7. The van der Waals surface area contributed by atoms with E-state index in [0.29, 0.717) is 6.07 Å². The smallest absolute Gasteiger partial charge is 0.361 e. The summed E-state index contributed by atoms with van der Waals surface area (Å²) >= 11 is 0. The van der Waals surface area contributed by atoms with Gasteiger partial charge in [0.15, 0.2) is 5.82 Å². The number of hydrogen-bond acceptors (Lipinski definition) is 5. The molecule has 2 aromatic heterocycles. The van der Waals surface area contributed by atoms with Crippen LogP contribution in [0.2, 0.25) is 0 Å². The van der Waals surface area contributed by atoms with Gasteiger partial charge in [-0.3, -0.25) is 9.59 Å². The molecule has 1 N–H and O–H groups in total. The van der Waals surface area contributed by atoms with Crippen LogP contribution < -0.4 is 21.4 Å². The fourth-order valence-electron chi connectivity index (χ4n) is 4.06. The zero-order valence-electron chi connectivity index (χ0n) is 18.7. The summed E-state index contributed by atoms with van der Waals surface area (Å²) in [7, 11) is 1.32. The van der Waals surface area contributed by atoms with Gasteiger partial charge < -0.3 is 10.3 Å². The first-order chi connectivity index (χ1) is 16.3. The Morgan fingerprint density at radius 2 is 1.77 bits per heavy atom. The number of nitrogens with one attached hydrogen (secondary N) is 1. The number of pyridine rings is 1. The molecular formula is C22H21F6N5O2. The van der Waals surface area contributed by atoms with Crippen LogP contribution >= 0.6 is 0 Å². The minimum atomic E-state index is -4.89. The highest BCUT2D eigenvalue weighted by Gasteiger charge is 2.36. The van der Waals surface area contributed by atoms with Crippen LogP contribution in [0, 0.1) is 5.82 Å². The van der Waals surface area contributed by atoms with Crippen molar-refractivity contribution >= 4 is 16.6 Å². The number of anilines is 1. The number of rotatable bonds is 4. The molecular weight excluding hydrogens is 480 g/mol. The summed E-state index contributed by atoms with van der Waals surface area (Å²) in [6.07, 6.45) is -4.53. The van der Waals surface area contributed by atoms with E-state index in [-0.39, 0.29) is 35.2 Å². The topological polar surface area (TPSA) is 72.2 Å². The molecule has 13 heteroatoms. The Morgan fingerprint density at radius 3 is 2.40 bits per heavy atom. The molecule has 0 bridgehead atoms. The van der Waals surface area contributed by atoms with Crippen molar-refractivity contribution < 1.29 is 26.3 Å². The van der Waals surface area contributed by atoms with Crippen LogP contribution in [-0.2, 0) is 13.2 Å². The number of aryl methyl sites for hydroxylation is 1. The number of hydrogen-bond donors (Lipinski definition) is 1. The minimum absolute atomic E-state index is 0.00232. The lowest BCUT2D eigenvalue weighted by molar-refractivity contribution is -0.140. The fraction of sp³-hybridized carbons (Fsp3) is 0.409. The second-order valence-corrected chi connectivity index (χ2v) is 8.44. The van der Waals surface area contributed by atoms with Crippen molar-refractivity contribution in [1.29, 1.82) is 0 Å². The van der Waals surface area contributed by atoms with Crippen LogP contribution in [0.4, 0.5) is 32.2 Å². The van der Waals surface area contributed by atoms with Gasteiger partial charge in [-0.2, -0.15) is 18.3 Å². The van der Waals surface area contributed by atoms with E-state index >= 15 is 0 Å². The molecule has 3 aromatic rings. The maximum Gasteiger partial charge on any atom is 0.419 e. The Balaban J connectivity index is 1.77. The van der Waals surface area contributed by atoms with E-state index in [9.17, 15) is 35.9 Å². The van der Waals surface area contributed by atoms with E-state index in [0.717, 1.165) is 21.5 Å². The predicted octanol–water partition coefficient (Wildman–Crippen LogP) is 3.79. The van der Waals surface area contributed by atoms with Crippen LogP contribution in [0.15, 0.2) is 40.1 Å². The predicted molar refractivity (Wildman–Crippen MR) is 117 cm³/mol. The van der Waals surface area contributed by atoms with Crippen molar-refractivity contribution in [2.75, 3.05) is 23.4 Å². The molecule has 1 atom stereocenters. The Kier molecular flexibility index (Phi) is 6.05. The van der Waals surface area contributed by atoms with E-state index in [4.69, 9.17) is 0 Å². The summed E-state index contributed by atoms with van der Waals surface area (Å²) in [5, 5.41) is 8.43. The molecule has 1 aromatic carbocycles. The third kappa shape index (κ3) is 4.71. The van der Waals surface area contributed by atoms with E-state index in [1.54, 1.807) is 0 Å². The molecule has 1 fully saturated rings. The van der Waals surface area contributed by atoms with E-state index in [1.165, 1.54) is 31.2 Å². The van der Waals surface area contributed by atoms with Gasteiger partial charge in [-0.1, -0.05) is 12.1 Å². The number of piperidine rings is 1. The summed E-state index contributed by atoms with van der Waals surface area (Å²) in [6, 6.07) is 2.93. The minimum Gasteiger partial charge on any atom is -0.361 e. The number of nitrogens with zero attached hydrogens (tertiary/aromatic N) is 4. The van der Waals surface area contributed by atoms with E-state index < -0.39 is 53.5 Å². The number of fused-ring (bicyclic) bond motifs is 1. The Hall–Kier alpha value is -3.51. The molecule has 0 saturated carbocycles. The van der Waals surface area contributed by atoms with Crippen molar-refractivity contribution in [3.05, 3.63) is 68.1 Å². The van der Waals surface area contributed by atoms with Crippen molar-refractivity contribution in [3.63, 3.8) is 0 Å². The number of benzene rings is 1. The monoisotopic (exact) mass is 501 g/mol. The normalized spacial score (nSPS) is 17.0.